The zero-order valence-corrected chi connectivity index (χ0v) is 13.3. The standard InChI is InChI=1S/C16H28N2O/c1-10-8-11(2)13(14(19-7)12(10)3)15(18-6)16(4,5)9-17/h8,15,18H,9,17H2,1-7H3. The number of nitrogens with one attached hydrogen (secondary N) is 1. The molecule has 1 atom stereocenters. The van der Waals surface area contributed by atoms with Crippen LogP contribution in [-0.4, -0.2) is 20.7 Å². The molecule has 1 unspecified atom stereocenters. The van der Waals surface area contributed by atoms with Gasteiger partial charge in [-0.25, -0.2) is 0 Å². The summed E-state index contributed by atoms with van der Waals surface area (Å²) in [6.07, 6.45) is 0. The lowest BCUT2D eigenvalue weighted by Crippen LogP contribution is -2.38. The Kier molecular flexibility index (Phi) is 4.99. The molecule has 1 rings (SSSR count). The second-order valence-electron chi connectivity index (χ2n) is 6.00. The van der Waals surface area contributed by atoms with Crippen molar-refractivity contribution in [1.29, 1.82) is 0 Å². The molecule has 0 amide bonds. The van der Waals surface area contributed by atoms with Gasteiger partial charge in [0, 0.05) is 11.6 Å². The lowest BCUT2D eigenvalue weighted by Gasteiger charge is -2.35. The average molecular weight is 264 g/mol. The second kappa shape index (κ2) is 5.93. The zero-order valence-electron chi connectivity index (χ0n) is 13.3. The number of nitrogens with two attached hydrogens (primary N) is 1. The van der Waals surface area contributed by atoms with Crippen molar-refractivity contribution < 1.29 is 4.74 Å². The molecule has 1 aromatic carbocycles. The summed E-state index contributed by atoms with van der Waals surface area (Å²) in [6.45, 7) is 11.4. The van der Waals surface area contributed by atoms with E-state index in [-0.39, 0.29) is 11.5 Å². The van der Waals surface area contributed by atoms with E-state index in [0.29, 0.717) is 6.54 Å². The number of hydrogen-bond acceptors (Lipinski definition) is 3. The molecular weight excluding hydrogens is 236 g/mol. The summed E-state index contributed by atoms with van der Waals surface area (Å²) < 4.78 is 5.68. The summed E-state index contributed by atoms with van der Waals surface area (Å²) in [6, 6.07) is 2.40. The summed E-state index contributed by atoms with van der Waals surface area (Å²) >= 11 is 0. The Bertz CT molecular complexity index is 453. The van der Waals surface area contributed by atoms with Crippen molar-refractivity contribution in [3.63, 3.8) is 0 Å². The largest absolute Gasteiger partial charge is 0.496 e. The predicted molar refractivity (Wildman–Crippen MR) is 81.8 cm³/mol. The fraction of sp³-hybridized carbons (Fsp3) is 0.625. The number of ether oxygens (including phenoxy) is 1. The molecule has 3 N–H and O–H groups in total. The van der Waals surface area contributed by atoms with Crippen LogP contribution in [0.15, 0.2) is 6.07 Å². The molecule has 3 heteroatoms. The fourth-order valence-electron chi connectivity index (χ4n) is 2.74. The lowest BCUT2D eigenvalue weighted by molar-refractivity contribution is 0.257. The van der Waals surface area contributed by atoms with E-state index in [2.05, 4.69) is 46.0 Å². The van der Waals surface area contributed by atoms with Crippen LogP contribution in [0, 0.1) is 26.2 Å². The van der Waals surface area contributed by atoms with Crippen molar-refractivity contribution in [2.75, 3.05) is 20.7 Å². The topological polar surface area (TPSA) is 47.3 Å². The first-order valence-corrected chi connectivity index (χ1v) is 6.82. The van der Waals surface area contributed by atoms with Crippen LogP contribution < -0.4 is 15.8 Å². The Labute approximate surface area is 117 Å². The molecule has 0 saturated carbocycles. The SMILES string of the molecule is CNC(c1c(C)cc(C)c(C)c1OC)C(C)(C)CN. The van der Waals surface area contributed by atoms with Gasteiger partial charge in [0.15, 0.2) is 0 Å². The van der Waals surface area contributed by atoms with E-state index >= 15 is 0 Å². The van der Waals surface area contributed by atoms with Gasteiger partial charge in [-0.3, -0.25) is 0 Å². The first-order valence-electron chi connectivity index (χ1n) is 6.82. The van der Waals surface area contributed by atoms with Crippen LogP contribution in [-0.2, 0) is 0 Å². The first-order chi connectivity index (χ1) is 8.80. The molecule has 1 aromatic rings. The molecule has 0 spiro atoms. The van der Waals surface area contributed by atoms with Crippen LogP contribution in [0.2, 0.25) is 0 Å². The Hall–Kier alpha value is -1.06. The van der Waals surface area contributed by atoms with E-state index in [9.17, 15) is 0 Å². The quantitative estimate of drug-likeness (QED) is 0.859. The monoisotopic (exact) mass is 264 g/mol. The molecule has 108 valence electrons. The summed E-state index contributed by atoms with van der Waals surface area (Å²) in [5.74, 6) is 0.985. The molecule has 0 aliphatic heterocycles. The van der Waals surface area contributed by atoms with Gasteiger partial charge < -0.3 is 15.8 Å². The predicted octanol–water partition coefficient (Wildman–Crippen LogP) is 2.87. The maximum atomic E-state index is 5.95. The van der Waals surface area contributed by atoms with Crippen LogP contribution in [0.25, 0.3) is 0 Å². The van der Waals surface area contributed by atoms with E-state index < -0.39 is 0 Å². The van der Waals surface area contributed by atoms with Crippen LogP contribution in [0.3, 0.4) is 0 Å². The van der Waals surface area contributed by atoms with E-state index in [1.54, 1.807) is 7.11 Å². The van der Waals surface area contributed by atoms with Crippen molar-refractivity contribution in [2.24, 2.45) is 11.1 Å². The van der Waals surface area contributed by atoms with Crippen molar-refractivity contribution in [3.05, 3.63) is 28.3 Å². The normalized spacial score (nSPS) is 13.5. The zero-order chi connectivity index (χ0) is 14.8. The van der Waals surface area contributed by atoms with E-state index in [1.165, 1.54) is 22.3 Å². The summed E-state index contributed by atoms with van der Waals surface area (Å²) in [7, 11) is 3.73. The molecule has 0 radical (unpaired) electrons. The van der Waals surface area contributed by atoms with Crippen molar-refractivity contribution >= 4 is 0 Å². The fourth-order valence-corrected chi connectivity index (χ4v) is 2.74. The third-order valence-corrected chi connectivity index (χ3v) is 4.12. The molecule has 0 fully saturated rings. The van der Waals surface area contributed by atoms with Gasteiger partial charge in [-0.05, 0) is 56.5 Å². The molecule has 0 bridgehead atoms. The van der Waals surface area contributed by atoms with Gasteiger partial charge >= 0.3 is 0 Å². The van der Waals surface area contributed by atoms with Gasteiger partial charge in [0.2, 0.25) is 0 Å². The minimum atomic E-state index is -0.0332. The Morgan fingerprint density at radius 2 is 1.84 bits per heavy atom. The summed E-state index contributed by atoms with van der Waals surface area (Å²) in [4.78, 5) is 0. The van der Waals surface area contributed by atoms with Crippen LogP contribution in [0.1, 0.15) is 42.1 Å². The highest BCUT2D eigenvalue weighted by Gasteiger charge is 2.32. The highest BCUT2D eigenvalue weighted by Crippen LogP contribution is 2.41. The molecule has 3 nitrogen and oxygen atoms in total. The maximum Gasteiger partial charge on any atom is 0.127 e. The number of rotatable bonds is 5. The van der Waals surface area contributed by atoms with Crippen LogP contribution in [0.4, 0.5) is 0 Å². The summed E-state index contributed by atoms with van der Waals surface area (Å²) in [5, 5.41) is 3.41. The van der Waals surface area contributed by atoms with E-state index in [1.807, 2.05) is 7.05 Å². The van der Waals surface area contributed by atoms with E-state index in [0.717, 1.165) is 5.75 Å². The number of methoxy groups -OCH3 is 1. The van der Waals surface area contributed by atoms with Crippen molar-refractivity contribution in [2.45, 2.75) is 40.7 Å². The van der Waals surface area contributed by atoms with Crippen molar-refractivity contribution in [3.8, 4) is 5.75 Å². The smallest absolute Gasteiger partial charge is 0.127 e. The molecule has 0 aliphatic carbocycles. The van der Waals surface area contributed by atoms with Crippen molar-refractivity contribution in [1.82, 2.24) is 5.32 Å². The number of aryl methyl sites for hydroxylation is 2. The first kappa shape index (κ1) is 16.0. The molecular formula is C16H28N2O. The van der Waals surface area contributed by atoms with Gasteiger partial charge in [-0.1, -0.05) is 19.9 Å². The summed E-state index contributed by atoms with van der Waals surface area (Å²) in [5.41, 5.74) is 10.9. The molecule has 19 heavy (non-hydrogen) atoms. The second-order valence-corrected chi connectivity index (χ2v) is 6.00. The van der Waals surface area contributed by atoms with Crippen LogP contribution >= 0.6 is 0 Å². The molecule has 0 aliphatic rings. The minimum Gasteiger partial charge on any atom is -0.496 e. The highest BCUT2D eigenvalue weighted by molar-refractivity contribution is 5.51. The van der Waals surface area contributed by atoms with Gasteiger partial charge in [0.1, 0.15) is 5.75 Å². The van der Waals surface area contributed by atoms with Gasteiger partial charge in [0.25, 0.3) is 0 Å². The third kappa shape index (κ3) is 2.93. The Morgan fingerprint density at radius 3 is 2.26 bits per heavy atom. The number of benzene rings is 1. The van der Waals surface area contributed by atoms with E-state index in [4.69, 9.17) is 10.5 Å². The molecule has 0 aromatic heterocycles. The van der Waals surface area contributed by atoms with Gasteiger partial charge in [-0.2, -0.15) is 0 Å². The number of hydrogen-bond donors (Lipinski definition) is 2. The average Bonchev–Trinajstić information content (AvgIpc) is 2.36. The maximum absolute atomic E-state index is 5.95. The molecule has 0 heterocycles. The highest BCUT2D eigenvalue weighted by atomic mass is 16.5. The van der Waals surface area contributed by atoms with Crippen LogP contribution in [0.5, 0.6) is 5.75 Å². The minimum absolute atomic E-state index is 0.0332. The Balaban J connectivity index is 3.52. The lowest BCUT2D eigenvalue weighted by atomic mass is 9.78. The van der Waals surface area contributed by atoms with Gasteiger partial charge in [-0.15, -0.1) is 0 Å². The Morgan fingerprint density at radius 1 is 1.26 bits per heavy atom. The third-order valence-electron chi connectivity index (χ3n) is 4.12. The van der Waals surface area contributed by atoms with Gasteiger partial charge in [0.05, 0.1) is 7.11 Å². The molecule has 0 saturated heterocycles.